The van der Waals surface area contributed by atoms with Crippen molar-refractivity contribution in [1.29, 1.82) is 0 Å². The van der Waals surface area contributed by atoms with Gasteiger partial charge in [-0.1, -0.05) is 19.3 Å². The molecule has 1 saturated carbocycles. The van der Waals surface area contributed by atoms with Crippen LogP contribution in [-0.2, 0) is 9.53 Å². The van der Waals surface area contributed by atoms with E-state index >= 15 is 0 Å². The largest absolute Gasteiger partial charge is 0.466 e. The average molecular weight is 374 g/mol. The summed E-state index contributed by atoms with van der Waals surface area (Å²) < 4.78 is 6.26. The third-order valence-corrected chi connectivity index (χ3v) is 6.38. The van der Waals surface area contributed by atoms with Gasteiger partial charge in [-0.15, -0.1) is 11.3 Å². The van der Waals surface area contributed by atoms with Crippen LogP contribution in [0.5, 0.6) is 0 Å². The second-order valence-electron chi connectivity index (χ2n) is 5.99. The Morgan fingerprint density at radius 2 is 2.19 bits per heavy atom. The Bertz CT molecular complexity index is 469. The summed E-state index contributed by atoms with van der Waals surface area (Å²) in [5.74, 6) is -0.0724. The van der Waals surface area contributed by atoms with E-state index in [-0.39, 0.29) is 17.4 Å². The number of ether oxygens (including phenoxy) is 1. The van der Waals surface area contributed by atoms with Crippen molar-refractivity contribution in [3.63, 3.8) is 0 Å². The molecule has 2 N–H and O–H groups in total. The van der Waals surface area contributed by atoms with Gasteiger partial charge in [-0.2, -0.15) is 0 Å². The Kier molecular flexibility index (Phi) is 6.26. The highest BCUT2D eigenvalue weighted by Crippen LogP contribution is 2.46. The van der Waals surface area contributed by atoms with Crippen LogP contribution in [0, 0.1) is 5.41 Å². The molecule has 1 atom stereocenters. The zero-order chi connectivity index (χ0) is 15.3. The average Bonchev–Trinajstić information content (AvgIpc) is 2.86. The minimum absolute atomic E-state index is 0.00750. The summed E-state index contributed by atoms with van der Waals surface area (Å²) in [5, 5.41) is 2.05. The third kappa shape index (κ3) is 4.54. The van der Waals surface area contributed by atoms with Crippen molar-refractivity contribution < 1.29 is 9.53 Å². The summed E-state index contributed by atoms with van der Waals surface area (Å²) in [7, 11) is 0. The monoisotopic (exact) mass is 373 g/mol. The number of carbonyl (C=O) groups is 1. The Morgan fingerprint density at radius 3 is 2.76 bits per heavy atom. The lowest BCUT2D eigenvalue weighted by Gasteiger charge is -2.38. The van der Waals surface area contributed by atoms with E-state index in [1.54, 1.807) is 11.3 Å². The standard InChI is InChI=1S/C16H24BrNO2S/c1-2-20-14(19)11-16(7-4-3-5-8-16)10-13(18)15-12(17)6-9-21-15/h6,9,13H,2-5,7-8,10-11,18H2,1H3. The van der Waals surface area contributed by atoms with Crippen molar-refractivity contribution >= 4 is 33.2 Å². The number of esters is 1. The van der Waals surface area contributed by atoms with Crippen molar-refractivity contribution in [1.82, 2.24) is 0 Å². The van der Waals surface area contributed by atoms with Crippen LogP contribution in [0.1, 0.15) is 62.8 Å². The zero-order valence-electron chi connectivity index (χ0n) is 12.6. The SMILES string of the molecule is CCOC(=O)CC1(CC(N)c2sccc2Br)CCCCC1. The highest BCUT2D eigenvalue weighted by atomic mass is 79.9. The second-order valence-corrected chi connectivity index (χ2v) is 7.79. The summed E-state index contributed by atoms with van der Waals surface area (Å²) >= 11 is 5.25. The molecular formula is C16H24BrNO2S. The molecule has 0 saturated heterocycles. The lowest BCUT2D eigenvalue weighted by Crippen LogP contribution is -2.32. The topological polar surface area (TPSA) is 52.3 Å². The maximum absolute atomic E-state index is 12.0. The molecule has 0 radical (unpaired) electrons. The minimum atomic E-state index is -0.0724. The van der Waals surface area contributed by atoms with Gasteiger partial charge in [-0.05, 0) is 59.0 Å². The summed E-state index contributed by atoms with van der Waals surface area (Å²) in [6.45, 7) is 2.32. The zero-order valence-corrected chi connectivity index (χ0v) is 15.0. The molecule has 1 aliphatic carbocycles. The maximum atomic E-state index is 12.0. The van der Waals surface area contributed by atoms with Gasteiger partial charge in [0.15, 0.2) is 0 Å². The van der Waals surface area contributed by atoms with Crippen LogP contribution in [0.2, 0.25) is 0 Å². The van der Waals surface area contributed by atoms with Gasteiger partial charge >= 0.3 is 5.97 Å². The Morgan fingerprint density at radius 1 is 1.48 bits per heavy atom. The summed E-state index contributed by atoms with van der Waals surface area (Å²) in [6.07, 6.45) is 7.20. The highest BCUT2D eigenvalue weighted by molar-refractivity contribution is 9.10. The second kappa shape index (κ2) is 7.75. The van der Waals surface area contributed by atoms with Crippen LogP contribution in [-0.4, -0.2) is 12.6 Å². The van der Waals surface area contributed by atoms with Crippen LogP contribution < -0.4 is 5.73 Å². The summed E-state index contributed by atoms with van der Waals surface area (Å²) in [5.41, 5.74) is 6.46. The van der Waals surface area contributed by atoms with Crippen molar-refractivity contribution in [2.24, 2.45) is 11.1 Å². The van der Waals surface area contributed by atoms with Crippen LogP contribution in [0.15, 0.2) is 15.9 Å². The molecule has 1 unspecified atom stereocenters. The van der Waals surface area contributed by atoms with Crippen molar-refractivity contribution in [2.45, 2.75) is 57.9 Å². The smallest absolute Gasteiger partial charge is 0.306 e. The fourth-order valence-electron chi connectivity index (χ4n) is 3.40. The Balaban J connectivity index is 2.08. The van der Waals surface area contributed by atoms with E-state index in [1.807, 2.05) is 13.0 Å². The number of thiophene rings is 1. The first kappa shape index (κ1) is 17.0. The van der Waals surface area contributed by atoms with E-state index in [1.165, 1.54) is 24.1 Å². The first-order valence-electron chi connectivity index (χ1n) is 7.70. The molecule has 1 heterocycles. The molecule has 1 aliphatic rings. The van der Waals surface area contributed by atoms with E-state index in [2.05, 4.69) is 21.3 Å². The van der Waals surface area contributed by atoms with E-state index in [0.29, 0.717) is 13.0 Å². The third-order valence-electron chi connectivity index (χ3n) is 4.37. The molecule has 1 fully saturated rings. The quantitative estimate of drug-likeness (QED) is 0.728. The van der Waals surface area contributed by atoms with Gasteiger partial charge in [0.05, 0.1) is 13.0 Å². The molecule has 0 spiro atoms. The first-order chi connectivity index (χ1) is 10.1. The van der Waals surface area contributed by atoms with Crippen molar-refractivity contribution in [2.75, 3.05) is 6.61 Å². The molecule has 3 nitrogen and oxygen atoms in total. The van der Waals surface area contributed by atoms with Gasteiger partial charge < -0.3 is 10.5 Å². The number of nitrogens with two attached hydrogens (primary N) is 1. The maximum Gasteiger partial charge on any atom is 0.306 e. The van der Waals surface area contributed by atoms with Gasteiger partial charge in [0, 0.05) is 15.4 Å². The minimum Gasteiger partial charge on any atom is -0.466 e. The van der Waals surface area contributed by atoms with Gasteiger partial charge in [0.2, 0.25) is 0 Å². The molecule has 21 heavy (non-hydrogen) atoms. The van der Waals surface area contributed by atoms with Gasteiger partial charge in [0.1, 0.15) is 0 Å². The normalized spacial score (nSPS) is 19.2. The number of halogens is 1. The van der Waals surface area contributed by atoms with Crippen LogP contribution in [0.3, 0.4) is 0 Å². The van der Waals surface area contributed by atoms with Crippen molar-refractivity contribution in [3.05, 3.63) is 20.8 Å². The fourth-order valence-corrected chi connectivity index (χ4v) is 5.07. The summed E-state index contributed by atoms with van der Waals surface area (Å²) in [4.78, 5) is 13.2. The Labute approximate surface area is 139 Å². The number of hydrogen-bond donors (Lipinski definition) is 1. The predicted octanol–water partition coefficient (Wildman–Crippen LogP) is 4.80. The van der Waals surface area contributed by atoms with Crippen molar-refractivity contribution in [3.8, 4) is 0 Å². The molecule has 2 rings (SSSR count). The summed E-state index contributed by atoms with van der Waals surface area (Å²) in [6, 6.07) is 2.03. The first-order valence-corrected chi connectivity index (χ1v) is 9.38. The van der Waals surface area contributed by atoms with E-state index < -0.39 is 0 Å². The molecule has 118 valence electrons. The van der Waals surface area contributed by atoms with Crippen LogP contribution in [0.4, 0.5) is 0 Å². The molecule has 5 heteroatoms. The molecule has 0 aliphatic heterocycles. The molecule has 1 aromatic rings. The molecule has 1 aromatic heterocycles. The van der Waals surface area contributed by atoms with Gasteiger partial charge in [0.25, 0.3) is 0 Å². The van der Waals surface area contributed by atoms with E-state index in [0.717, 1.165) is 23.7 Å². The fraction of sp³-hybridized carbons (Fsp3) is 0.688. The Hall–Kier alpha value is -0.390. The highest BCUT2D eigenvalue weighted by Gasteiger charge is 2.37. The predicted molar refractivity (Wildman–Crippen MR) is 90.3 cm³/mol. The van der Waals surface area contributed by atoms with Gasteiger partial charge in [-0.3, -0.25) is 4.79 Å². The number of rotatable bonds is 6. The lowest BCUT2D eigenvalue weighted by atomic mass is 9.68. The molecular weight excluding hydrogens is 350 g/mol. The number of carbonyl (C=O) groups excluding carboxylic acids is 1. The number of hydrogen-bond acceptors (Lipinski definition) is 4. The molecule has 0 aromatic carbocycles. The molecule has 0 amide bonds. The lowest BCUT2D eigenvalue weighted by molar-refractivity contribution is -0.146. The molecule has 0 bridgehead atoms. The van der Waals surface area contributed by atoms with Gasteiger partial charge in [-0.25, -0.2) is 0 Å². The van der Waals surface area contributed by atoms with E-state index in [9.17, 15) is 4.79 Å². The van der Waals surface area contributed by atoms with E-state index in [4.69, 9.17) is 10.5 Å². The van der Waals surface area contributed by atoms with Crippen LogP contribution >= 0.6 is 27.3 Å². The van der Waals surface area contributed by atoms with Crippen LogP contribution in [0.25, 0.3) is 0 Å².